The van der Waals surface area contributed by atoms with Gasteiger partial charge in [0, 0.05) is 17.0 Å². The van der Waals surface area contributed by atoms with Crippen molar-refractivity contribution in [2.45, 2.75) is 31.9 Å². The van der Waals surface area contributed by atoms with Gasteiger partial charge in [0.25, 0.3) is 0 Å². The van der Waals surface area contributed by atoms with E-state index in [0.29, 0.717) is 12.2 Å². The highest BCUT2D eigenvalue weighted by Gasteiger charge is 2.14. The summed E-state index contributed by atoms with van der Waals surface area (Å²) < 4.78 is 22.6. The van der Waals surface area contributed by atoms with E-state index in [2.05, 4.69) is 25.4 Å². The summed E-state index contributed by atoms with van der Waals surface area (Å²) in [5.41, 5.74) is 0. The molecule has 0 aromatic carbocycles. The summed E-state index contributed by atoms with van der Waals surface area (Å²) in [5.74, 6) is 0.555. The lowest BCUT2D eigenvalue weighted by Crippen LogP contribution is -2.33. The van der Waals surface area contributed by atoms with Crippen LogP contribution in [0.3, 0.4) is 0 Å². The number of sulfone groups is 1. The zero-order chi connectivity index (χ0) is 11.9. The molecule has 0 unspecified atom stereocenters. The molecule has 15 heavy (non-hydrogen) atoms. The maximum absolute atomic E-state index is 11.2. The predicted molar refractivity (Wildman–Crippen MR) is 69.4 cm³/mol. The van der Waals surface area contributed by atoms with E-state index in [9.17, 15) is 8.42 Å². The second-order valence-electron chi connectivity index (χ2n) is 4.23. The molecule has 0 aliphatic heterocycles. The third-order valence-corrected chi connectivity index (χ3v) is 5.39. The van der Waals surface area contributed by atoms with Gasteiger partial charge in [-0.05, 0) is 33.1 Å². The number of thioether (sulfide) groups is 1. The van der Waals surface area contributed by atoms with Gasteiger partial charge in [0.15, 0.2) is 0 Å². The van der Waals surface area contributed by atoms with E-state index in [4.69, 9.17) is 0 Å². The summed E-state index contributed by atoms with van der Waals surface area (Å²) in [6, 6.07) is 0. The molecule has 0 radical (unpaired) electrons. The van der Waals surface area contributed by atoms with Crippen molar-refractivity contribution in [1.82, 2.24) is 5.32 Å². The lowest BCUT2D eigenvalue weighted by molar-refractivity contribution is 0.574. The van der Waals surface area contributed by atoms with Crippen LogP contribution in [0, 0.1) is 0 Å². The predicted octanol–water partition coefficient (Wildman–Crippen LogP) is 1.54. The topological polar surface area (TPSA) is 46.2 Å². The minimum Gasteiger partial charge on any atom is -0.315 e. The maximum Gasteiger partial charge on any atom is 0.150 e. The highest BCUT2D eigenvalue weighted by Crippen LogP contribution is 2.19. The first kappa shape index (κ1) is 15.3. The molecule has 0 aliphatic carbocycles. The van der Waals surface area contributed by atoms with Gasteiger partial charge in [-0.25, -0.2) is 8.42 Å². The average molecular weight is 253 g/mol. The minimum absolute atomic E-state index is 0.226. The standard InChI is InChI=1S/C10H23NO2S2/c1-5-15(12,13)8-6-7-11-9-10(2,3)14-4/h11H,5-9H2,1-4H3. The van der Waals surface area contributed by atoms with Crippen LogP contribution in [0.2, 0.25) is 0 Å². The first-order valence-corrected chi connectivity index (χ1v) is 8.34. The number of hydrogen-bond acceptors (Lipinski definition) is 4. The van der Waals surface area contributed by atoms with Crippen LogP contribution in [0.1, 0.15) is 27.2 Å². The molecular weight excluding hydrogens is 230 g/mol. The van der Waals surface area contributed by atoms with E-state index in [1.165, 1.54) is 0 Å². The molecule has 0 atom stereocenters. The van der Waals surface area contributed by atoms with Crippen LogP contribution >= 0.6 is 11.8 Å². The van der Waals surface area contributed by atoms with Gasteiger partial charge in [0.1, 0.15) is 9.84 Å². The summed E-state index contributed by atoms with van der Waals surface area (Å²) in [6.07, 6.45) is 2.80. The van der Waals surface area contributed by atoms with Gasteiger partial charge in [-0.2, -0.15) is 11.8 Å². The van der Waals surface area contributed by atoms with Gasteiger partial charge in [-0.3, -0.25) is 0 Å². The molecule has 3 nitrogen and oxygen atoms in total. The van der Waals surface area contributed by atoms with E-state index in [1.807, 2.05) is 11.8 Å². The summed E-state index contributed by atoms with van der Waals surface area (Å²) in [5, 5.41) is 3.29. The fourth-order valence-electron chi connectivity index (χ4n) is 1.02. The lowest BCUT2D eigenvalue weighted by Gasteiger charge is -2.22. The molecule has 0 spiro atoms. The minimum atomic E-state index is -2.79. The van der Waals surface area contributed by atoms with Crippen molar-refractivity contribution in [3.63, 3.8) is 0 Å². The van der Waals surface area contributed by atoms with Crippen molar-refractivity contribution in [2.75, 3.05) is 30.9 Å². The third kappa shape index (κ3) is 8.11. The SMILES string of the molecule is CCS(=O)(=O)CCCNCC(C)(C)SC. The molecule has 0 bridgehead atoms. The summed E-state index contributed by atoms with van der Waals surface area (Å²) >= 11 is 1.81. The van der Waals surface area contributed by atoms with Gasteiger partial charge in [-0.15, -0.1) is 0 Å². The Bertz CT molecular complexity index is 261. The molecule has 0 aliphatic rings. The van der Waals surface area contributed by atoms with Crippen LogP contribution in [0.4, 0.5) is 0 Å². The van der Waals surface area contributed by atoms with E-state index >= 15 is 0 Å². The monoisotopic (exact) mass is 253 g/mol. The molecule has 5 heteroatoms. The summed E-state index contributed by atoms with van der Waals surface area (Å²) in [4.78, 5) is 0. The molecule has 0 aromatic heterocycles. The molecular formula is C10H23NO2S2. The zero-order valence-corrected chi connectivity index (χ0v) is 11.8. The van der Waals surface area contributed by atoms with Crippen LogP contribution in [-0.2, 0) is 9.84 Å². The van der Waals surface area contributed by atoms with E-state index < -0.39 is 9.84 Å². The Morgan fingerprint density at radius 2 is 1.93 bits per heavy atom. The first-order chi connectivity index (χ1) is 6.83. The summed E-state index contributed by atoms with van der Waals surface area (Å²) in [7, 11) is -2.79. The van der Waals surface area contributed by atoms with Crippen molar-refractivity contribution >= 4 is 21.6 Å². The molecule has 0 heterocycles. The average Bonchev–Trinajstić information content (AvgIpc) is 2.17. The Kier molecular flexibility index (Phi) is 6.88. The lowest BCUT2D eigenvalue weighted by atomic mass is 10.2. The van der Waals surface area contributed by atoms with Crippen LogP contribution in [0.5, 0.6) is 0 Å². The molecule has 0 fully saturated rings. The number of hydrogen-bond donors (Lipinski definition) is 1. The largest absolute Gasteiger partial charge is 0.315 e. The molecule has 0 aromatic rings. The smallest absolute Gasteiger partial charge is 0.150 e. The van der Waals surface area contributed by atoms with Crippen LogP contribution < -0.4 is 5.32 Å². The zero-order valence-electron chi connectivity index (χ0n) is 10.2. The fraction of sp³-hybridized carbons (Fsp3) is 1.00. The molecule has 0 rings (SSSR count). The highest BCUT2D eigenvalue weighted by molar-refractivity contribution is 7.99. The first-order valence-electron chi connectivity index (χ1n) is 5.29. The Morgan fingerprint density at radius 1 is 1.33 bits per heavy atom. The Balaban J connectivity index is 3.57. The summed E-state index contributed by atoms with van der Waals surface area (Å²) in [6.45, 7) is 7.74. The Hall–Kier alpha value is 0.260. The van der Waals surface area contributed by atoms with Crippen molar-refractivity contribution in [1.29, 1.82) is 0 Å². The van der Waals surface area contributed by atoms with Gasteiger partial charge < -0.3 is 5.32 Å². The van der Waals surface area contributed by atoms with Gasteiger partial charge in [0.05, 0.1) is 5.75 Å². The van der Waals surface area contributed by atoms with Crippen molar-refractivity contribution < 1.29 is 8.42 Å². The van der Waals surface area contributed by atoms with Crippen molar-refractivity contribution in [2.24, 2.45) is 0 Å². The molecule has 0 saturated heterocycles. The second kappa shape index (κ2) is 6.76. The van der Waals surface area contributed by atoms with E-state index in [0.717, 1.165) is 13.1 Å². The van der Waals surface area contributed by atoms with E-state index in [1.54, 1.807) is 6.92 Å². The van der Waals surface area contributed by atoms with Crippen molar-refractivity contribution in [3.8, 4) is 0 Å². The molecule has 0 saturated carbocycles. The van der Waals surface area contributed by atoms with Crippen LogP contribution in [0.25, 0.3) is 0 Å². The molecule has 1 N–H and O–H groups in total. The Labute approximate surface area is 98.3 Å². The fourth-order valence-corrected chi connectivity index (χ4v) is 2.14. The number of rotatable bonds is 8. The van der Waals surface area contributed by atoms with Gasteiger partial charge in [0.2, 0.25) is 0 Å². The highest BCUT2D eigenvalue weighted by atomic mass is 32.2. The number of nitrogens with one attached hydrogen (secondary N) is 1. The normalized spacial score (nSPS) is 13.1. The quantitative estimate of drug-likeness (QED) is 0.667. The van der Waals surface area contributed by atoms with Crippen LogP contribution in [-0.4, -0.2) is 44.0 Å². The van der Waals surface area contributed by atoms with Gasteiger partial charge in [-0.1, -0.05) is 6.92 Å². The molecule has 92 valence electrons. The van der Waals surface area contributed by atoms with Crippen LogP contribution in [0.15, 0.2) is 0 Å². The molecule has 0 amide bonds. The second-order valence-corrected chi connectivity index (χ2v) is 8.22. The van der Waals surface area contributed by atoms with E-state index in [-0.39, 0.29) is 10.5 Å². The Morgan fingerprint density at radius 3 is 2.40 bits per heavy atom. The third-order valence-electron chi connectivity index (χ3n) is 2.35. The van der Waals surface area contributed by atoms with Gasteiger partial charge >= 0.3 is 0 Å². The van der Waals surface area contributed by atoms with Crippen molar-refractivity contribution in [3.05, 3.63) is 0 Å². The maximum atomic E-state index is 11.2.